The van der Waals surface area contributed by atoms with Crippen LogP contribution in [0.3, 0.4) is 0 Å². The third-order valence-electron chi connectivity index (χ3n) is 4.77. The normalized spacial score (nSPS) is 10.9. The molecule has 0 aliphatic heterocycles. The van der Waals surface area contributed by atoms with E-state index in [0.717, 1.165) is 32.9 Å². The number of methoxy groups -OCH3 is 1. The minimum atomic E-state index is -0.156. The van der Waals surface area contributed by atoms with Crippen LogP contribution in [-0.4, -0.2) is 17.1 Å². The van der Waals surface area contributed by atoms with Crippen LogP contribution in [0, 0.1) is 25.2 Å². The fraction of sp³-hybridized carbons (Fsp3) is 0.174. The van der Waals surface area contributed by atoms with Crippen LogP contribution < -0.4 is 10.3 Å². The third kappa shape index (κ3) is 3.84. The molecule has 0 bridgehead atoms. The minimum absolute atomic E-state index is 0.156. The molecule has 1 N–H and O–H groups in total. The molecule has 0 unspecified atom stereocenters. The molecule has 0 saturated carbocycles. The van der Waals surface area contributed by atoms with Crippen molar-refractivity contribution >= 4 is 33.3 Å². The van der Waals surface area contributed by atoms with Gasteiger partial charge in [0.1, 0.15) is 10.6 Å². The first-order valence-corrected chi connectivity index (χ1v) is 11.1. The molecule has 5 nitrogen and oxygen atoms in total. The number of rotatable bonds is 5. The van der Waals surface area contributed by atoms with Crippen molar-refractivity contribution in [2.75, 3.05) is 7.11 Å². The molecule has 0 atom stereocenters. The molecule has 2 aromatic carbocycles. The van der Waals surface area contributed by atoms with E-state index in [9.17, 15) is 4.79 Å². The second-order valence-electron chi connectivity index (χ2n) is 6.89. The maximum Gasteiger partial charge on any atom is 0.260 e. The highest BCUT2D eigenvalue weighted by molar-refractivity contribution is 7.98. The van der Waals surface area contributed by atoms with Crippen LogP contribution in [0.5, 0.6) is 5.75 Å². The molecule has 2 heterocycles. The number of fused-ring (bicyclic) bond motifs is 1. The molecule has 0 aliphatic rings. The van der Waals surface area contributed by atoms with Gasteiger partial charge in [-0.2, -0.15) is 5.26 Å². The van der Waals surface area contributed by atoms with E-state index in [-0.39, 0.29) is 5.56 Å². The number of hydrogen-bond donors (Lipinski definition) is 1. The van der Waals surface area contributed by atoms with Crippen LogP contribution in [0.15, 0.2) is 52.4 Å². The van der Waals surface area contributed by atoms with E-state index in [1.807, 2.05) is 50.2 Å². The van der Waals surface area contributed by atoms with Crippen LogP contribution in [0.25, 0.3) is 21.3 Å². The van der Waals surface area contributed by atoms with Gasteiger partial charge in [-0.15, -0.1) is 11.3 Å². The van der Waals surface area contributed by atoms with Gasteiger partial charge < -0.3 is 9.72 Å². The smallest absolute Gasteiger partial charge is 0.260 e. The van der Waals surface area contributed by atoms with E-state index in [1.54, 1.807) is 13.2 Å². The molecule has 0 saturated heterocycles. The van der Waals surface area contributed by atoms with E-state index >= 15 is 0 Å². The summed E-state index contributed by atoms with van der Waals surface area (Å²) in [5, 5.41) is 10.2. The lowest BCUT2D eigenvalue weighted by Crippen LogP contribution is -2.09. The zero-order valence-electron chi connectivity index (χ0n) is 16.8. The maximum absolute atomic E-state index is 13.0. The van der Waals surface area contributed by atoms with Gasteiger partial charge in [-0.3, -0.25) is 4.79 Å². The van der Waals surface area contributed by atoms with Gasteiger partial charge in [0.2, 0.25) is 0 Å². The summed E-state index contributed by atoms with van der Waals surface area (Å²) in [6.45, 7) is 4.02. The summed E-state index contributed by atoms with van der Waals surface area (Å²) in [6, 6.07) is 15.5. The second kappa shape index (κ2) is 8.34. The largest absolute Gasteiger partial charge is 0.496 e. The highest BCUT2D eigenvalue weighted by Crippen LogP contribution is 2.40. The molecular weight excluding hydrogens is 414 g/mol. The molecule has 0 fully saturated rings. The summed E-state index contributed by atoms with van der Waals surface area (Å²) in [5.41, 5.74) is 4.35. The number of aryl methyl sites for hydroxylation is 2. The summed E-state index contributed by atoms with van der Waals surface area (Å²) in [4.78, 5) is 22.4. The Balaban J connectivity index is 1.74. The van der Waals surface area contributed by atoms with Crippen molar-refractivity contribution in [2.45, 2.75) is 24.8 Å². The van der Waals surface area contributed by atoms with Crippen LogP contribution >= 0.6 is 23.1 Å². The number of nitrogens with one attached hydrogen (secondary N) is 1. The number of thioether (sulfide) groups is 1. The molecule has 0 aliphatic carbocycles. The van der Waals surface area contributed by atoms with Gasteiger partial charge in [0.15, 0.2) is 5.16 Å². The quantitative estimate of drug-likeness (QED) is 0.335. The predicted molar refractivity (Wildman–Crippen MR) is 122 cm³/mol. The van der Waals surface area contributed by atoms with Gasteiger partial charge in [-0.1, -0.05) is 35.5 Å². The summed E-state index contributed by atoms with van der Waals surface area (Å²) in [6.07, 6.45) is 0. The van der Waals surface area contributed by atoms with Crippen molar-refractivity contribution in [3.05, 3.63) is 74.4 Å². The minimum Gasteiger partial charge on any atom is -0.496 e. The maximum atomic E-state index is 13.0. The Bertz CT molecular complexity index is 1350. The van der Waals surface area contributed by atoms with Crippen LogP contribution in [0.4, 0.5) is 0 Å². The molecule has 2 aromatic heterocycles. The average Bonchev–Trinajstić information content (AvgIpc) is 3.08. The van der Waals surface area contributed by atoms with Crippen LogP contribution in [0.1, 0.15) is 21.6 Å². The van der Waals surface area contributed by atoms with Crippen molar-refractivity contribution in [1.82, 2.24) is 9.97 Å². The molecule has 7 heteroatoms. The number of benzene rings is 2. The van der Waals surface area contributed by atoms with Crippen LogP contribution in [-0.2, 0) is 5.75 Å². The van der Waals surface area contributed by atoms with Gasteiger partial charge in [0, 0.05) is 21.8 Å². The Kier molecular flexibility index (Phi) is 5.62. The topological polar surface area (TPSA) is 78.8 Å². The second-order valence-corrected chi connectivity index (χ2v) is 9.06. The Morgan fingerprint density at radius 1 is 1.23 bits per heavy atom. The van der Waals surface area contributed by atoms with Crippen LogP contribution in [0.2, 0.25) is 0 Å². The first kappa shape index (κ1) is 20.2. The number of nitrogens with zero attached hydrogens (tertiary/aromatic N) is 2. The first-order chi connectivity index (χ1) is 14.5. The predicted octanol–water partition coefficient (Wildman–Crippen LogP) is 5.44. The molecule has 4 aromatic rings. The van der Waals surface area contributed by atoms with Crippen molar-refractivity contribution in [3.63, 3.8) is 0 Å². The number of H-pyrrole nitrogens is 1. The number of thiophene rings is 1. The number of nitriles is 1. The molecule has 150 valence electrons. The average molecular weight is 434 g/mol. The number of hydrogen-bond acceptors (Lipinski definition) is 6. The Labute approximate surface area is 182 Å². The number of aromatic nitrogens is 2. The van der Waals surface area contributed by atoms with Gasteiger partial charge in [0.05, 0.1) is 24.1 Å². The molecule has 0 radical (unpaired) electrons. The van der Waals surface area contributed by atoms with Crippen molar-refractivity contribution in [1.29, 1.82) is 5.26 Å². The number of aromatic amines is 1. The Morgan fingerprint density at radius 2 is 2.07 bits per heavy atom. The van der Waals surface area contributed by atoms with Crippen molar-refractivity contribution < 1.29 is 4.74 Å². The highest BCUT2D eigenvalue weighted by atomic mass is 32.2. The Morgan fingerprint density at radius 3 is 2.83 bits per heavy atom. The van der Waals surface area contributed by atoms with E-state index in [4.69, 9.17) is 15.0 Å². The zero-order valence-corrected chi connectivity index (χ0v) is 18.4. The van der Waals surface area contributed by atoms with E-state index in [0.29, 0.717) is 26.7 Å². The molecule has 4 rings (SSSR count). The van der Waals surface area contributed by atoms with Gasteiger partial charge in [-0.25, -0.2) is 4.98 Å². The molecule has 0 amide bonds. The van der Waals surface area contributed by atoms with Crippen molar-refractivity contribution in [3.8, 4) is 22.9 Å². The summed E-state index contributed by atoms with van der Waals surface area (Å²) in [5.74, 6) is 1.35. The fourth-order valence-corrected chi connectivity index (χ4v) is 5.29. The monoisotopic (exact) mass is 433 g/mol. The summed E-state index contributed by atoms with van der Waals surface area (Å²) < 4.78 is 5.54. The van der Waals surface area contributed by atoms with E-state index in [2.05, 4.69) is 11.1 Å². The summed E-state index contributed by atoms with van der Waals surface area (Å²) >= 11 is 2.96. The lowest BCUT2D eigenvalue weighted by atomic mass is 10.0. The first-order valence-electron chi connectivity index (χ1n) is 9.30. The molecule has 0 spiro atoms. The highest BCUT2D eigenvalue weighted by Gasteiger charge is 2.19. The molecular formula is C23H19N3O2S2. The van der Waals surface area contributed by atoms with E-state index in [1.165, 1.54) is 23.1 Å². The third-order valence-corrected chi connectivity index (χ3v) is 6.72. The zero-order chi connectivity index (χ0) is 21.3. The molecule has 30 heavy (non-hydrogen) atoms. The van der Waals surface area contributed by atoms with Crippen molar-refractivity contribution in [2.24, 2.45) is 0 Å². The van der Waals surface area contributed by atoms with Gasteiger partial charge >= 0.3 is 0 Å². The van der Waals surface area contributed by atoms with E-state index < -0.39 is 0 Å². The lowest BCUT2D eigenvalue weighted by molar-refractivity contribution is 0.416. The van der Waals surface area contributed by atoms with Gasteiger partial charge in [-0.05, 0) is 43.7 Å². The van der Waals surface area contributed by atoms with Gasteiger partial charge in [0.25, 0.3) is 5.56 Å². The number of ether oxygens (including phenoxy) is 1. The fourth-order valence-electron chi connectivity index (χ4n) is 3.39. The lowest BCUT2D eigenvalue weighted by Gasteiger charge is -2.10. The SMILES string of the molecule is COc1ccc(C)cc1-c1c(C)sc2nc(SCc3cccc(C#N)c3)[nH]c(=O)c12. The summed E-state index contributed by atoms with van der Waals surface area (Å²) in [7, 11) is 1.64. The standard InChI is InChI=1S/C23H19N3O2S2/c1-13-7-8-18(28-3)17(9-13)19-14(2)30-22-20(19)21(27)25-23(26-22)29-12-16-6-4-5-15(10-16)11-24/h4-10H,12H2,1-3H3,(H,25,26,27). The Hall–Kier alpha value is -3.08.